The van der Waals surface area contributed by atoms with Crippen LogP contribution in [0.4, 0.5) is 5.69 Å². The molecule has 1 rings (SSSR count). The number of methoxy groups -OCH3 is 1. The lowest BCUT2D eigenvalue weighted by Crippen LogP contribution is -2.02. The summed E-state index contributed by atoms with van der Waals surface area (Å²) in [5, 5.41) is 9.60. The second-order valence-electron chi connectivity index (χ2n) is 2.76. The summed E-state index contributed by atoms with van der Waals surface area (Å²) in [6.07, 6.45) is 0.359. The maximum absolute atomic E-state index is 11.0. The summed E-state index contributed by atoms with van der Waals surface area (Å²) in [4.78, 5) is 31.6. The Kier molecular flexibility index (Phi) is 3.57. The number of hydrogen-bond donors (Lipinski definition) is 0. The molecule has 16 heavy (non-hydrogen) atoms. The van der Waals surface area contributed by atoms with Crippen molar-refractivity contribution in [3.8, 4) is 5.75 Å². The minimum absolute atomic E-state index is 0.0619. The van der Waals surface area contributed by atoms with E-state index in [1.807, 2.05) is 0 Å². The van der Waals surface area contributed by atoms with Crippen molar-refractivity contribution in [1.29, 1.82) is 0 Å². The maximum Gasteiger partial charge on any atom is 0.273 e. The first-order valence-corrected chi connectivity index (χ1v) is 4.40. The van der Waals surface area contributed by atoms with Crippen molar-refractivity contribution in [2.75, 3.05) is 7.11 Å². The average molecular weight is 244 g/mol. The van der Waals surface area contributed by atoms with Crippen LogP contribution < -0.4 is 4.74 Å². The van der Waals surface area contributed by atoms with Gasteiger partial charge in [0, 0.05) is 6.07 Å². The summed E-state index contributed by atoms with van der Waals surface area (Å²) in [6.45, 7) is 0. The van der Waals surface area contributed by atoms with Gasteiger partial charge in [0.1, 0.15) is 5.75 Å². The predicted octanol–water partition coefficient (Wildman–Crippen LogP) is 1.79. The fraction of sp³-hybridized carbons (Fsp3) is 0.111. The van der Waals surface area contributed by atoms with Crippen LogP contribution in [-0.4, -0.2) is 23.6 Å². The number of hydrogen-bond acceptors (Lipinski definition) is 5. The van der Waals surface area contributed by atoms with Gasteiger partial charge in [0.15, 0.2) is 6.29 Å². The second kappa shape index (κ2) is 4.71. The van der Waals surface area contributed by atoms with Crippen LogP contribution in [0.3, 0.4) is 0 Å². The van der Waals surface area contributed by atoms with Crippen LogP contribution in [0.25, 0.3) is 0 Å². The summed E-state index contributed by atoms with van der Waals surface area (Å²) in [5.74, 6) is -0.0619. The molecule has 1 aromatic carbocycles. The van der Waals surface area contributed by atoms with Crippen molar-refractivity contribution >= 4 is 28.8 Å². The number of halogens is 1. The molecule has 1 aromatic rings. The van der Waals surface area contributed by atoms with Gasteiger partial charge in [-0.05, 0) is 11.6 Å². The van der Waals surface area contributed by atoms with Gasteiger partial charge in [0.2, 0.25) is 0 Å². The van der Waals surface area contributed by atoms with E-state index >= 15 is 0 Å². The third-order valence-corrected chi connectivity index (χ3v) is 2.09. The van der Waals surface area contributed by atoms with Crippen LogP contribution in [0.1, 0.15) is 20.7 Å². The van der Waals surface area contributed by atoms with Gasteiger partial charge in [0.25, 0.3) is 10.9 Å². The molecule has 0 bridgehead atoms. The van der Waals surface area contributed by atoms with Crippen LogP contribution in [0.15, 0.2) is 12.1 Å². The van der Waals surface area contributed by atoms with Gasteiger partial charge in [-0.1, -0.05) is 0 Å². The average Bonchev–Trinajstić information content (AvgIpc) is 2.26. The van der Waals surface area contributed by atoms with Crippen LogP contribution >= 0.6 is 11.6 Å². The number of carbonyl (C=O) groups excluding carboxylic acids is 2. The first kappa shape index (κ1) is 12.1. The largest absolute Gasteiger partial charge is 0.496 e. The number of rotatable bonds is 4. The van der Waals surface area contributed by atoms with Crippen LogP contribution in [0.2, 0.25) is 0 Å². The zero-order valence-electron chi connectivity index (χ0n) is 8.10. The van der Waals surface area contributed by atoms with Crippen LogP contribution in [0.5, 0.6) is 5.75 Å². The van der Waals surface area contributed by atoms with Gasteiger partial charge in [-0.15, -0.1) is 0 Å². The van der Waals surface area contributed by atoms with Gasteiger partial charge in [-0.2, -0.15) is 0 Å². The van der Waals surface area contributed by atoms with E-state index in [0.29, 0.717) is 6.29 Å². The van der Waals surface area contributed by atoms with E-state index in [0.717, 1.165) is 12.1 Å². The molecule has 6 nitrogen and oxygen atoms in total. The number of aldehydes is 1. The number of nitrogens with zero attached hydrogens (tertiary/aromatic N) is 1. The van der Waals surface area contributed by atoms with Crippen molar-refractivity contribution in [2.45, 2.75) is 0 Å². The van der Waals surface area contributed by atoms with Gasteiger partial charge in [-0.25, -0.2) is 0 Å². The molecule has 0 heterocycles. The highest BCUT2D eigenvalue weighted by Gasteiger charge is 2.20. The molecule has 0 saturated carbocycles. The maximum atomic E-state index is 11.0. The topological polar surface area (TPSA) is 86.5 Å². The molecule has 0 atom stereocenters. The number of carbonyl (C=O) groups is 2. The number of benzene rings is 1. The normalized spacial score (nSPS) is 9.62. The fourth-order valence-electron chi connectivity index (χ4n) is 1.17. The Bertz CT molecular complexity index is 471. The summed E-state index contributed by atoms with van der Waals surface area (Å²) in [7, 11) is 1.23. The molecule has 0 spiro atoms. The highest BCUT2D eigenvalue weighted by atomic mass is 35.5. The molecule has 0 saturated heterocycles. The molecule has 84 valence electrons. The Morgan fingerprint density at radius 3 is 2.56 bits per heavy atom. The highest BCUT2D eigenvalue weighted by molar-refractivity contribution is 6.68. The number of nitro groups is 1. The standard InChI is InChI=1S/C9H6ClNO5/c1-16-8-3-5(11(14)15)2-6(9(10)13)7(8)4-12/h2-4H,1H3. The molecule has 7 heteroatoms. The Labute approximate surface area is 94.9 Å². The Morgan fingerprint density at radius 1 is 1.56 bits per heavy atom. The summed E-state index contributed by atoms with van der Waals surface area (Å²) in [5.41, 5.74) is -0.720. The lowest BCUT2D eigenvalue weighted by molar-refractivity contribution is -0.384. The second-order valence-corrected chi connectivity index (χ2v) is 3.10. The van der Waals surface area contributed by atoms with Gasteiger partial charge < -0.3 is 4.74 Å². The van der Waals surface area contributed by atoms with Crippen LogP contribution in [0, 0.1) is 10.1 Å². The number of ether oxygens (including phenoxy) is 1. The van der Waals surface area contributed by atoms with Gasteiger partial charge in [-0.3, -0.25) is 19.7 Å². The predicted molar refractivity (Wildman–Crippen MR) is 55.2 cm³/mol. The molecular formula is C9H6ClNO5. The van der Waals surface area contributed by atoms with Crippen molar-refractivity contribution in [1.82, 2.24) is 0 Å². The monoisotopic (exact) mass is 243 g/mol. The molecule has 0 aromatic heterocycles. The minimum atomic E-state index is -0.955. The van der Waals surface area contributed by atoms with E-state index in [9.17, 15) is 19.7 Å². The van der Waals surface area contributed by atoms with E-state index in [2.05, 4.69) is 0 Å². The van der Waals surface area contributed by atoms with E-state index in [1.165, 1.54) is 7.11 Å². The first-order chi connectivity index (χ1) is 7.51. The molecule has 0 aliphatic rings. The Hall–Kier alpha value is -1.95. The Balaban J connectivity index is 3.55. The molecular weight excluding hydrogens is 238 g/mol. The molecule has 0 aliphatic heterocycles. The number of nitro benzene ring substituents is 1. The smallest absolute Gasteiger partial charge is 0.273 e. The molecule has 0 radical (unpaired) electrons. The molecule has 0 N–H and O–H groups in total. The summed E-state index contributed by atoms with van der Waals surface area (Å²) < 4.78 is 4.77. The number of non-ortho nitro benzene ring substituents is 1. The molecule has 0 aliphatic carbocycles. The zero-order chi connectivity index (χ0) is 12.3. The van der Waals surface area contributed by atoms with E-state index in [-0.39, 0.29) is 22.6 Å². The zero-order valence-corrected chi connectivity index (χ0v) is 8.85. The minimum Gasteiger partial charge on any atom is -0.496 e. The Morgan fingerprint density at radius 2 is 2.19 bits per heavy atom. The lowest BCUT2D eigenvalue weighted by Gasteiger charge is -2.06. The van der Waals surface area contributed by atoms with Gasteiger partial charge in [0.05, 0.1) is 29.2 Å². The van der Waals surface area contributed by atoms with Crippen molar-refractivity contribution in [3.63, 3.8) is 0 Å². The molecule has 0 unspecified atom stereocenters. The van der Waals surface area contributed by atoms with Crippen molar-refractivity contribution in [3.05, 3.63) is 33.4 Å². The third-order valence-electron chi connectivity index (χ3n) is 1.89. The molecule has 0 amide bonds. The highest BCUT2D eigenvalue weighted by Crippen LogP contribution is 2.28. The van der Waals surface area contributed by atoms with Gasteiger partial charge >= 0.3 is 0 Å². The SMILES string of the molecule is COc1cc([N+](=O)[O-])cc(C(=O)Cl)c1C=O. The quantitative estimate of drug-likeness (QED) is 0.348. The van der Waals surface area contributed by atoms with Crippen molar-refractivity contribution < 1.29 is 19.2 Å². The summed E-state index contributed by atoms with van der Waals surface area (Å²) >= 11 is 5.22. The van der Waals surface area contributed by atoms with Crippen LogP contribution in [-0.2, 0) is 0 Å². The third kappa shape index (κ3) is 2.17. The van der Waals surface area contributed by atoms with Crippen molar-refractivity contribution in [2.24, 2.45) is 0 Å². The lowest BCUT2D eigenvalue weighted by atomic mass is 10.1. The first-order valence-electron chi connectivity index (χ1n) is 4.02. The van der Waals surface area contributed by atoms with E-state index in [4.69, 9.17) is 16.3 Å². The molecule has 0 fully saturated rings. The fourth-order valence-corrected chi connectivity index (χ4v) is 1.33. The van der Waals surface area contributed by atoms with E-state index in [1.54, 1.807) is 0 Å². The van der Waals surface area contributed by atoms with E-state index < -0.39 is 10.2 Å². The summed E-state index contributed by atoms with van der Waals surface area (Å²) in [6, 6.07) is 1.98.